The summed E-state index contributed by atoms with van der Waals surface area (Å²) in [7, 11) is 1.51. The predicted octanol–water partition coefficient (Wildman–Crippen LogP) is 5.39. The van der Waals surface area contributed by atoms with Crippen LogP contribution in [-0.2, 0) is 6.18 Å². The van der Waals surface area contributed by atoms with Crippen LogP contribution in [0.5, 0.6) is 5.75 Å². The van der Waals surface area contributed by atoms with Gasteiger partial charge in [0.2, 0.25) is 0 Å². The summed E-state index contributed by atoms with van der Waals surface area (Å²) in [5.74, 6) is 0.0688. The minimum Gasteiger partial charge on any atom is -0.496 e. The van der Waals surface area contributed by atoms with Crippen molar-refractivity contribution in [2.75, 3.05) is 12.5 Å². The van der Waals surface area contributed by atoms with E-state index >= 15 is 0 Å². The number of rotatable bonds is 4. The third kappa shape index (κ3) is 4.00. The molecule has 0 aliphatic rings. The topological polar surface area (TPSA) is 50.4 Å². The van der Waals surface area contributed by atoms with Crippen molar-refractivity contribution in [3.05, 3.63) is 70.2 Å². The van der Waals surface area contributed by atoms with Gasteiger partial charge in [0.1, 0.15) is 5.75 Å². The maximum absolute atomic E-state index is 12.6. The Morgan fingerprint density at radius 1 is 1.04 bits per heavy atom. The Morgan fingerprint density at radius 3 is 2.26 bits per heavy atom. The maximum Gasteiger partial charge on any atom is 0.416 e. The standard InChI is InChI=1S/C19H14BrF3N2O2/c1-27-16-10-15(17(20)14-5-3-2-4-13(14)16)18(26)25-24-12-8-6-11(7-9-12)19(21,22)23/h2-10,24H,1H3,(H,25,26). The Balaban J connectivity index is 1.81. The molecule has 0 heterocycles. The van der Waals surface area contributed by atoms with Crippen LogP contribution in [0.15, 0.2) is 59.1 Å². The van der Waals surface area contributed by atoms with Gasteiger partial charge >= 0.3 is 6.18 Å². The number of hydrazine groups is 1. The molecule has 140 valence electrons. The lowest BCUT2D eigenvalue weighted by Crippen LogP contribution is -2.29. The fourth-order valence-corrected chi connectivity index (χ4v) is 3.22. The van der Waals surface area contributed by atoms with E-state index in [9.17, 15) is 18.0 Å². The number of carbonyl (C=O) groups is 1. The number of hydrogen-bond donors (Lipinski definition) is 2. The van der Waals surface area contributed by atoms with Crippen molar-refractivity contribution < 1.29 is 22.7 Å². The highest BCUT2D eigenvalue weighted by Crippen LogP contribution is 2.35. The summed E-state index contributed by atoms with van der Waals surface area (Å²) in [6.07, 6.45) is -4.41. The zero-order chi connectivity index (χ0) is 19.6. The molecule has 0 spiro atoms. The molecule has 8 heteroatoms. The van der Waals surface area contributed by atoms with Crippen LogP contribution < -0.4 is 15.6 Å². The molecule has 0 atom stereocenters. The quantitative estimate of drug-likeness (QED) is 0.537. The number of benzene rings is 3. The van der Waals surface area contributed by atoms with Gasteiger partial charge in [-0.05, 0) is 46.3 Å². The normalized spacial score (nSPS) is 11.3. The summed E-state index contributed by atoms with van der Waals surface area (Å²) in [5, 5.41) is 1.65. The maximum atomic E-state index is 12.6. The van der Waals surface area contributed by atoms with E-state index in [1.54, 1.807) is 6.07 Å². The molecule has 0 aliphatic carbocycles. The first kappa shape index (κ1) is 19.0. The van der Waals surface area contributed by atoms with Gasteiger partial charge in [-0.25, -0.2) is 0 Å². The molecule has 0 unspecified atom stereocenters. The molecule has 4 nitrogen and oxygen atoms in total. The molecule has 0 bridgehead atoms. The fraction of sp³-hybridized carbons (Fsp3) is 0.105. The number of hydrogen-bond acceptors (Lipinski definition) is 3. The van der Waals surface area contributed by atoms with E-state index in [0.29, 0.717) is 21.5 Å². The molecule has 0 aromatic heterocycles. The molecular formula is C19H14BrF3N2O2. The summed E-state index contributed by atoms with van der Waals surface area (Å²) >= 11 is 3.43. The van der Waals surface area contributed by atoms with Gasteiger partial charge in [-0.1, -0.05) is 24.3 Å². The summed E-state index contributed by atoms with van der Waals surface area (Å²) in [6.45, 7) is 0. The van der Waals surface area contributed by atoms with Gasteiger partial charge < -0.3 is 4.74 Å². The highest BCUT2D eigenvalue weighted by atomic mass is 79.9. The van der Waals surface area contributed by atoms with Crippen LogP contribution in [0.1, 0.15) is 15.9 Å². The number of ether oxygens (including phenoxy) is 1. The summed E-state index contributed by atoms with van der Waals surface area (Å²) < 4.78 is 43.7. The molecule has 1 amide bonds. The summed E-state index contributed by atoms with van der Waals surface area (Å²) in [4.78, 5) is 12.5. The van der Waals surface area contributed by atoms with E-state index in [0.717, 1.165) is 22.9 Å². The van der Waals surface area contributed by atoms with Crippen LogP contribution in [0.25, 0.3) is 10.8 Å². The molecule has 0 radical (unpaired) electrons. The van der Waals surface area contributed by atoms with Crippen LogP contribution in [-0.4, -0.2) is 13.0 Å². The van der Waals surface area contributed by atoms with Gasteiger partial charge in [0, 0.05) is 15.2 Å². The zero-order valence-electron chi connectivity index (χ0n) is 14.0. The van der Waals surface area contributed by atoms with Crippen LogP contribution in [0, 0.1) is 0 Å². The molecule has 0 saturated carbocycles. The summed E-state index contributed by atoms with van der Waals surface area (Å²) in [6, 6.07) is 13.4. The first-order chi connectivity index (χ1) is 12.8. The molecule has 0 aliphatic heterocycles. The molecular weight excluding hydrogens is 425 g/mol. The van der Waals surface area contributed by atoms with E-state index in [-0.39, 0.29) is 0 Å². The van der Waals surface area contributed by atoms with Crippen molar-refractivity contribution in [2.24, 2.45) is 0 Å². The average molecular weight is 439 g/mol. The number of fused-ring (bicyclic) bond motifs is 1. The number of nitrogens with one attached hydrogen (secondary N) is 2. The monoisotopic (exact) mass is 438 g/mol. The highest BCUT2D eigenvalue weighted by molar-refractivity contribution is 9.10. The van der Waals surface area contributed by atoms with Crippen molar-refractivity contribution in [1.29, 1.82) is 0 Å². The third-order valence-electron chi connectivity index (χ3n) is 3.94. The predicted molar refractivity (Wildman–Crippen MR) is 101 cm³/mol. The SMILES string of the molecule is COc1cc(C(=O)NNc2ccc(C(F)(F)F)cc2)c(Br)c2ccccc12. The van der Waals surface area contributed by atoms with E-state index in [2.05, 4.69) is 26.8 Å². The number of methoxy groups -OCH3 is 1. The first-order valence-electron chi connectivity index (χ1n) is 7.80. The first-order valence-corrected chi connectivity index (χ1v) is 8.59. The number of amides is 1. The number of anilines is 1. The number of carbonyl (C=O) groups excluding carboxylic acids is 1. The van der Waals surface area contributed by atoms with Crippen molar-refractivity contribution in [2.45, 2.75) is 6.18 Å². The van der Waals surface area contributed by atoms with E-state index < -0.39 is 17.6 Å². The molecule has 27 heavy (non-hydrogen) atoms. The van der Waals surface area contributed by atoms with Crippen LogP contribution in [0.3, 0.4) is 0 Å². The lowest BCUT2D eigenvalue weighted by Gasteiger charge is -2.14. The molecule has 0 saturated heterocycles. The van der Waals surface area contributed by atoms with Gasteiger partial charge in [-0.3, -0.25) is 15.6 Å². The Bertz CT molecular complexity index is 989. The van der Waals surface area contributed by atoms with E-state index in [1.807, 2.05) is 24.3 Å². The lowest BCUT2D eigenvalue weighted by molar-refractivity contribution is -0.137. The Hall–Kier alpha value is -2.74. The summed E-state index contributed by atoms with van der Waals surface area (Å²) in [5.41, 5.74) is 4.96. The minimum atomic E-state index is -4.41. The van der Waals surface area contributed by atoms with E-state index in [4.69, 9.17) is 4.74 Å². The van der Waals surface area contributed by atoms with Crippen molar-refractivity contribution >= 4 is 38.3 Å². The van der Waals surface area contributed by atoms with Crippen LogP contribution >= 0.6 is 15.9 Å². The Morgan fingerprint density at radius 2 is 1.67 bits per heavy atom. The third-order valence-corrected chi connectivity index (χ3v) is 4.79. The fourth-order valence-electron chi connectivity index (χ4n) is 2.58. The Kier molecular flexibility index (Phi) is 5.27. The average Bonchev–Trinajstić information content (AvgIpc) is 2.66. The largest absolute Gasteiger partial charge is 0.496 e. The van der Waals surface area contributed by atoms with Gasteiger partial charge in [0.15, 0.2) is 0 Å². The number of alkyl halides is 3. The molecule has 3 rings (SSSR count). The smallest absolute Gasteiger partial charge is 0.416 e. The van der Waals surface area contributed by atoms with Gasteiger partial charge in [-0.2, -0.15) is 13.2 Å². The second-order valence-corrected chi connectivity index (χ2v) is 6.43. The van der Waals surface area contributed by atoms with Crippen LogP contribution in [0.2, 0.25) is 0 Å². The van der Waals surface area contributed by atoms with Gasteiger partial charge in [-0.15, -0.1) is 0 Å². The van der Waals surface area contributed by atoms with Crippen molar-refractivity contribution in [1.82, 2.24) is 5.43 Å². The van der Waals surface area contributed by atoms with Crippen LogP contribution in [0.4, 0.5) is 18.9 Å². The highest BCUT2D eigenvalue weighted by Gasteiger charge is 2.29. The molecule has 0 fully saturated rings. The zero-order valence-corrected chi connectivity index (χ0v) is 15.6. The molecule has 3 aromatic carbocycles. The van der Waals surface area contributed by atoms with Gasteiger partial charge in [0.05, 0.1) is 23.9 Å². The van der Waals surface area contributed by atoms with Crippen molar-refractivity contribution in [3.8, 4) is 5.75 Å². The van der Waals surface area contributed by atoms with E-state index in [1.165, 1.54) is 19.2 Å². The Labute approximate surface area is 161 Å². The second-order valence-electron chi connectivity index (χ2n) is 5.64. The van der Waals surface area contributed by atoms with Crippen molar-refractivity contribution in [3.63, 3.8) is 0 Å². The van der Waals surface area contributed by atoms with Gasteiger partial charge in [0.25, 0.3) is 5.91 Å². The second kappa shape index (κ2) is 7.48. The molecule has 2 N–H and O–H groups in total. The minimum absolute atomic E-state index is 0.320. The molecule has 3 aromatic rings. The number of halogens is 4. The lowest BCUT2D eigenvalue weighted by atomic mass is 10.1.